The van der Waals surface area contributed by atoms with Crippen LogP contribution in [0.15, 0.2) is 0 Å². The molecule has 0 nitrogen and oxygen atoms in total. The van der Waals surface area contributed by atoms with Crippen molar-refractivity contribution in [2.75, 3.05) is 0 Å². The van der Waals surface area contributed by atoms with Crippen LogP contribution in [0.3, 0.4) is 0 Å². The van der Waals surface area contributed by atoms with Crippen molar-refractivity contribution in [2.24, 2.45) is 5.92 Å². The monoisotopic (exact) mass is 166 g/mol. The Morgan fingerprint density at radius 3 is 2.36 bits per heavy atom. The standard InChI is InChI=1S/C10H20.Mg.2H/c1-2-3-7-10-8-5-4-6-9-10;;;/h10H,2-9H2,1H3;;;/q;+2;2*-1. The van der Waals surface area contributed by atoms with E-state index in [0.29, 0.717) is 0 Å². The van der Waals surface area contributed by atoms with E-state index in [4.69, 9.17) is 0 Å². The molecule has 0 aromatic rings. The van der Waals surface area contributed by atoms with Crippen LogP contribution >= 0.6 is 0 Å². The fourth-order valence-corrected chi connectivity index (χ4v) is 1.97. The number of rotatable bonds is 3. The normalized spacial score (nSPS) is 19.4. The van der Waals surface area contributed by atoms with E-state index in [9.17, 15) is 0 Å². The van der Waals surface area contributed by atoms with Gasteiger partial charge in [-0.05, 0) is 5.92 Å². The van der Waals surface area contributed by atoms with Gasteiger partial charge in [-0.2, -0.15) is 0 Å². The van der Waals surface area contributed by atoms with Crippen LogP contribution in [0.25, 0.3) is 0 Å². The van der Waals surface area contributed by atoms with Gasteiger partial charge in [0.1, 0.15) is 0 Å². The average molecular weight is 167 g/mol. The first-order valence-electron chi connectivity index (χ1n) is 4.93. The second-order valence-electron chi connectivity index (χ2n) is 3.65. The first-order valence-corrected chi connectivity index (χ1v) is 4.93. The molecule has 0 atom stereocenters. The molecule has 1 rings (SSSR count). The molecule has 1 aliphatic carbocycles. The molecule has 64 valence electrons. The molecule has 1 fully saturated rings. The molecule has 11 heavy (non-hydrogen) atoms. The number of hydrogen-bond acceptors (Lipinski definition) is 0. The first kappa shape index (κ1) is 11.8. The maximum absolute atomic E-state index is 2.29. The summed E-state index contributed by atoms with van der Waals surface area (Å²) < 4.78 is 0. The van der Waals surface area contributed by atoms with Crippen LogP contribution in [-0.2, 0) is 0 Å². The molecule has 0 saturated heterocycles. The van der Waals surface area contributed by atoms with Crippen LogP contribution in [0.1, 0.15) is 61.1 Å². The molecule has 0 bridgehead atoms. The zero-order valence-corrected chi connectivity index (χ0v) is 9.36. The predicted octanol–water partition coefficient (Wildman–Crippen LogP) is 3.60. The summed E-state index contributed by atoms with van der Waals surface area (Å²) in [5.41, 5.74) is 0. The Bertz CT molecular complexity index is 83.0. The maximum Gasteiger partial charge on any atom is 2.00 e. The van der Waals surface area contributed by atoms with Gasteiger partial charge in [0.25, 0.3) is 0 Å². The van der Waals surface area contributed by atoms with E-state index in [1.54, 1.807) is 0 Å². The minimum atomic E-state index is 0. The molecule has 1 saturated carbocycles. The summed E-state index contributed by atoms with van der Waals surface area (Å²) >= 11 is 0. The van der Waals surface area contributed by atoms with Gasteiger partial charge in [-0.1, -0.05) is 58.3 Å². The van der Waals surface area contributed by atoms with Crippen LogP contribution < -0.4 is 0 Å². The zero-order chi connectivity index (χ0) is 7.23. The van der Waals surface area contributed by atoms with Crippen molar-refractivity contribution >= 4 is 23.1 Å². The van der Waals surface area contributed by atoms with Gasteiger partial charge in [0, 0.05) is 0 Å². The molecule has 0 aromatic carbocycles. The van der Waals surface area contributed by atoms with E-state index in [-0.39, 0.29) is 25.9 Å². The molecule has 0 unspecified atom stereocenters. The van der Waals surface area contributed by atoms with Crippen molar-refractivity contribution in [3.05, 3.63) is 0 Å². The Kier molecular flexibility index (Phi) is 7.93. The Hall–Kier alpha value is 0.766. The van der Waals surface area contributed by atoms with Crippen molar-refractivity contribution in [1.82, 2.24) is 0 Å². The minimum absolute atomic E-state index is 0. The average Bonchev–Trinajstić information content (AvgIpc) is 2.03. The molecule has 0 radical (unpaired) electrons. The van der Waals surface area contributed by atoms with E-state index in [1.165, 1.54) is 51.4 Å². The number of unbranched alkanes of at least 4 members (excludes halogenated alkanes) is 1. The topological polar surface area (TPSA) is 0 Å². The molecule has 0 spiro atoms. The van der Waals surface area contributed by atoms with Crippen molar-refractivity contribution < 1.29 is 2.85 Å². The van der Waals surface area contributed by atoms with Gasteiger partial charge >= 0.3 is 23.1 Å². The molecule has 1 aliphatic rings. The van der Waals surface area contributed by atoms with Crippen molar-refractivity contribution in [3.8, 4) is 0 Å². The summed E-state index contributed by atoms with van der Waals surface area (Å²) in [6, 6.07) is 0. The Morgan fingerprint density at radius 1 is 1.18 bits per heavy atom. The van der Waals surface area contributed by atoms with E-state index in [0.717, 1.165) is 5.92 Å². The summed E-state index contributed by atoms with van der Waals surface area (Å²) in [4.78, 5) is 0. The summed E-state index contributed by atoms with van der Waals surface area (Å²) in [6.45, 7) is 2.29. The molecule has 0 aromatic heterocycles. The van der Waals surface area contributed by atoms with Gasteiger partial charge in [-0.15, -0.1) is 0 Å². The Balaban J connectivity index is -0.000000333. The first-order chi connectivity index (χ1) is 4.93. The Labute approximate surface area is 90.3 Å². The van der Waals surface area contributed by atoms with Crippen molar-refractivity contribution in [3.63, 3.8) is 0 Å². The largest absolute Gasteiger partial charge is 2.00 e. The second-order valence-corrected chi connectivity index (χ2v) is 3.65. The third-order valence-corrected chi connectivity index (χ3v) is 2.69. The maximum atomic E-state index is 2.29. The molecule has 0 aliphatic heterocycles. The SMILES string of the molecule is CCCCC1CCCCC1.[H-].[H-].[Mg+2]. The van der Waals surface area contributed by atoms with E-state index >= 15 is 0 Å². The van der Waals surface area contributed by atoms with Gasteiger partial charge in [-0.3, -0.25) is 0 Å². The molecule has 0 amide bonds. The minimum Gasteiger partial charge on any atom is -1.00 e. The number of hydrogen-bond donors (Lipinski definition) is 0. The van der Waals surface area contributed by atoms with E-state index in [2.05, 4.69) is 6.92 Å². The molecular formula is C10H22Mg. The fourth-order valence-electron chi connectivity index (χ4n) is 1.97. The molecular weight excluding hydrogens is 144 g/mol. The molecule has 0 heterocycles. The fraction of sp³-hybridized carbons (Fsp3) is 1.00. The smallest absolute Gasteiger partial charge is 1.00 e. The van der Waals surface area contributed by atoms with Crippen LogP contribution in [0.4, 0.5) is 0 Å². The van der Waals surface area contributed by atoms with Gasteiger partial charge in [0.2, 0.25) is 0 Å². The molecule has 1 heteroatoms. The molecule has 0 N–H and O–H groups in total. The summed E-state index contributed by atoms with van der Waals surface area (Å²) in [7, 11) is 0. The summed E-state index contributed by atoms with van der Waals surface area (Å²) in [5, 5.41) is 0. The zero-order valence-electron chi connectivity index (χ0n) is 9.94. The van der Waals surface area contributed by atoms with Crippen LogP contribution in [0, 0.1) is 5.92 Å². The quantitative estimate of drug-likeness (QED) is 0.562. The van der Waals surface area contributed by atoms with Crippen LogP contribution in [0.5, 0.6) is 0 Å². The predicted molar refractivity (Wildman–Crippen MR) is 54.1 cm³/mol. The van der Waals surface area contributed by atoms with E-state index < -0.39 is 0 Å². The Morgan fingerprint density at radius 2 is 1.82 bits per heavy atom. The third kappa shape index (κ3) is 5.08. The van der Waals surface area contributed by atoms with Gasteiger partial charge in [0.15, 0.2) is 0 Å². The van der Waals surface area contributed by atoms with Crippen LogP contribution in [0.2, 0.25) is 0 Å². The van der Waals surface area contributed by atoms with Crippen molar-refractivity contribution in [1.29, 1.82) is 0 Å². The van der Waals surface area contributed by atoms with Crippen molar-refractivity contribution in [2.45, 2.75) is 58.3 Å². The summed E-state index contributed by atoms with van der Waals surface area (Å²) in [5.74, 6) is 1.11. The van der Waals surface area contributed by atoms with E-state index in [1.807, 2.05) is 0 Å². The third-order valence-electron chi connectivity index (χ3n) is 2.69. The summed E-state index contributed by atoms with van der Waals surface area (Å²) in [6.07, 6.45) is 11.9. The van der Waals surface area contributed by atoms with Crippen LogP contribution in [-0.4, -0.2) is 23.1 Å². The van der Waals surface area contributed by atoms with Gasteiger partial charge < -0.3 is 2.85 Å². The van der Waals surface area contributed by atoms with Gasteiger partial charge in [0.05, 0.1) is 0 Å². The van der Waals surface area contributed by atoms with Gasteiger partial charge in [-0.25, -0.2) is 0 Å². The second kappa shape index (κ2) is 7.42.